The van der Waals surface area contributed by atoms with Crippen LogP contribution < -0.4 is 5.32 Å². The van der Waals surface area contributed by atoms with Crippen molar-refractivity contribution in [3.63, 3.8) is 0 Å². The van der Waals surface area contributed by atoms with Crippen LogP contribution in [0.25, 0.3) is 0 Å². The molecule has 1 heteroatoms. The molecule has 1 fully saturated rings. The molecule has 8 heavy (non-hydrogen) atoms. The largest absolute Gasteiger partial charge is 0.392 e. The van der Waals surface area contributed by atoms with Crippen molar-refractivity contribution in [3.8, 4) is 0 Å². The first-order valence-electron chi connectivity index (χ1n) is 3.21. The quantitative estimate of drug-likeness (QED) is 0.569. The Hall–Kier alpha value is -0.460. The summed E-state index contributed by atoms with van der Waals surface area (Å²) in [5.74, 6) is 0.792. The average Bonchev–Trinajstić information content (AvgIpc) is 1.62. The second-order valence-corrected chi connectivity index (χ2v) is 2.40. The lowest BCUT2D eigenvalue weighted by atomic mass is 9.83. The van der Waals surface area contributed by atoms with Crippen LogP contribution in [0.4, 0.5) is 0 Å². The first kappa shape index (κ1) is 5.67. The van der Waals surface area contributed by atoms with Crippen LogP contribution in [-0.4, -0.2) is 7.05 Å². The first-order valence-corrected chi connectivity index (χ1v) is 3.21. The predicted molar refractivity (Wildman–Crippen MR) is 35.5 cm³/mol. The van der Waals surface area contributed by atoms with Gasteiger partial charge in [-0.1, -0.05) is 13.0 Å². The zero-order chi connectivity index (χ0) is 5.98. The van der Waals surface area contributed by atoms with Crippen molar-refractivity contribution >= 4 is 0 Å². The Morgan fingerprint density at radius 1 is 1.62 bits per heavy atom. The molecule has 0 aromatic rings. The summed E-state index contributed by atoms with van der Waals surface area (Å²) in [6.45, 7) is 3.88. The lowest BCUT2D eigenvalue weighted by Gasteiger charge is -2.26. The van der Waals surface area contributed by atoms with E-state index in [0.29, 0.717) is 0 Å². The van der Waals surface area contributed by atoms with Gasteiger partial charge in [0.05, 0.1) is 0 Å². The second-order valence-electron chi connectivity index (χ2n) is 2.40. The van der Waals surface area contributed by atoms with Gasteiger partial charge in [0.15, 0.2) is 0 Å². The summed E-state index contributed by atoms with van der Waals surface area (Å²) in [6, 6.07) is 0. The normalized spacial score (nSPS) is 19.6. The number of nitrogens with one attached hydrogen (secondary N) is 1. The Morgan fingerprint density at radius 2 is 2.25 bits per heavy atom. The Balaban J connectivity index is 2.24. The van der Waals surface area contributed by atoms with E-state index < -0.39 is 0 Å². The van der Waals surface area contributed by atoms with E-state index in [-0.39, 0.29) is 0 Å². The summed E-state index contributed by atoms with van der Waals surface area (Å²) in [5.41, 5.74) is 1.22. The number of rotatable bonds is 2. The molecule has 0 atom stereocenters. The van der Waals surface area contributed by atoms with E-state index in [1.807, 2.05) is 7.05 Å². The molecule has 0 saturated heterocycles. The van der Waals surface area contributed by atoms with Crippen molar-refractivity contribution in [2.75, 3.05) is 7.05 Å². The van der Waals surface area contributed by atoms with Gasteiger partial charge in [0.1, 0.15) is 0 Å². The molecule has 0 bridgehead atoms. The van der Waals surface area contributed by atoms with E-state index in [1.54, 1.807) is 0 Å². The van der Waals surface area contributed by atoms with E-state index in [2.05, 4.69) is 11.9 Å². The van der Waals surface area contributed by atoms with E-state index in [1.165, 1.54) is 25.0 Å². The van der Waals surface area contributed by atoms with Crippen LogP contribution in [0.2, 0.25) is 0 Å². The van der Waals surface area contributed by atoms with Crippen molar-refractivity contribution in [3.05, 3.63) is 12.3 Å². The third-order valence-electron chi connectivity index (χ3n) is 1.92. The van der Waals surface area contributed by atoms with Crippen LogP contribution in [0.1, 0.15) is 19.3 Å². The zero-order valence-electron chi connectivity index (χ0n) is 5.41. The number of hydrogen-bond acceptors (Lipinski definition) is 1. The van der Waals surface area contributed by atoms with Crippen LogP contribution >= 0.6 is 0 Å². The molecule has 0 aromatic carbocycles. The van der Waals surface area contributed by atoms with Crippen LogP contribution in [0.3, 0.4) is 0 Å². The van der Waals surface area contributed by atoms with Crippen molar-refractivity contribution in [2.24, 2.45) is 5.92 Å². The molecule has 1 rings (SSSR count). The lowest BCUT2D eigenvalue weighted by Crippen LogP contribution is -2.20. The van der Waals surface area contributed by atoms with Gasteiger partial charge in [0, 0.05) is 12.7 Å². The third-order valence-corrected chi connectivity index (χ3v) is 1.92. The molecular weight excluding hydrogens is 98.1 g/mol. The standard InChI is InChI=1S/C7H13N/c1-6(8-2)7-4-3-5-7/h7-8H,1,3-5H2,2H3. The van der Waals surface area contributed by atoms with E-state index in [0.717, 1.165) is 5.92 Å². The first-order chi connectivity index (χ1) is 3.84. The van der Waals surface area contributed by atoms with Crippen LogP contribution in [0.5, 0.6) is 0 Å². The van der Waals surface area contributed by atoms with E-state index >= 15 is 0 Å². The second kappa shape index (κ2) is 2.21. The van der Waals surface area contributed by atoms with Crippen LogP contribution in [0, 0.1) is 5.92 Å². The molecule has 1 saturated carbocycles. The number of allylic oxidation sites excluding steroid dienone is 1. The Morgan fingerprint density at radius 3 is 2.38 bits per heavy atom. The van der Waals surface area contributed by atoms with Gasteiger partial charge >= 0.3 is 0 Å². The molecule has 0 radical (unpaired) electrons. The Kier molecular flexibility index (Phi) is 1.56. The van der Waals surface area contributed by atoms with Gasteiger partial charge in [0.2, 0.25) is 0 Å². The SMILES string of the molecule is C=C(NC)C1CCC1. The highest BCUT2D eigenvalue weighted by Gasteiger charge is 2.18. The van der Waals surface area contributed by atoms with Crippen LogP contribution in [-0.2, 0) is 0 Å². The molecule has 1 N–H and O–H groups in total. The average molecular weight is 111 g/mol. The van der Waals surface area contributed by atoms with Gasteiger partial charge in [0.25, 0.3) is 0 Å². The maximum absolute atomic E-state index is 3.88. The fraction of sp³-hybridized carbons (Fsp3) is 0.714. The maximum Gasteiger partial charge on any atom is 0.00625 e. The molecule has 0 aliphatic heterocycles. The topological polar surface area (TPSA) is 12.0 Å². The Labute approximate surface area is 50.8 Å². The smallest absolute Gasteiger partial charge is 0.00625 e. The summed E-state index contributed by atoms with van der Waals surface area (Å²) >= 11 is 0. The molecule has 0 spiro atoms. The minimum atomic E-state index is 0.792. The zero-order valence-corrected chi connectivity index (χ0v) is 5.41. The fourth-order valence-electron chi connectivity index (χ4n) is 0.961. The highest BCUT2D eigenvalue weighted by atomic mass is 14.8. The highest BCUT2D eigenvalue weighted by Crippen LogP contribution is 2.30. The molecule has 0 aromatic heterocycles. The lowest BCUT2D eigenvalue weighted by molar-refractivity contribution is 0.355. The third kappa shape index (κ3) is 0.857. The number of hydrogen-bond donors (Lipinski definition) is 1. The van der Waals surface area contributed by atoms with Gasteiger partial charge in [-0.15, -0.1) is 0 Å². The molecule has 1 aliphatic carbocycles. The molecule has 0 heterocycles. The van der Waals surface area contributed by atoms with Crippen molar-refractivity contribution < 1.29 is 0 Å². The van der Waals surface area contributed by atoms with Crippen molar-refractivity contribution in [1.29, 1.82) is 0 Å². The molecule has 1 nitrogen and oxygen atoms in total. The minimum Gasteiger partial charge on any atom is -0.392 e. The highest BCUT2D eigenvalue weighted by molar-refractivity contribution is 5.00. The molecule has 0 amide bonds. The summed E-state index contributed by atoms with van der Waals surface area (Å²) in [7, 11) is 1.95. The minimum absolute atomic E-state index is 0.792. The summed E-state index contributed by atoms with van der Waals surface area (Å²) in [4.78, 5) is 0. The molecule has 1 aliphatic rings. The van der Waals surface area contributed by atoms with Gasteiger partial charge < -0.3 is 5.32 Å². The molecule has 46 valence electrons. The van der Waals surface area contributed by atoms with Gasteiger partial charge in [-0.25, -0.2) is 0 Å². The van der Waals surface area contributed by atoms with E-state index in [4.69, 9.17) is 0 Å². The fourth-order valence-corrected chi connectivity index (χ4v) is 0.961. The van der Waals surface area contributed by atoms with Gasteiger partial charge in [-0.2, -0.15) is 0 Å². The Bertz CT molecular complexity index is 92.6. The summed E-state index contributed by atoms with van der Waals surface area (Å²) < 4.78 is 0. The molecule has 0 unspecified atom stereocenters. The summed E-state index contributed by atoms with van der Waals surface area (Å²) in [6.07, 6.45) is 4.09. The maximum atomic E-state index is 3.88. The molecular formula is C7H13N. The monoisotopic (exact) mass is 111 g/mol. The van der Waals surface area contributed by atoms with E-state index in [9.17, 15) is 0 Å². The van der Waals surface area contributed by atoms with Crippen molar-refractivity contribution in [2.45, 2.75) is 19.3 Å². The van der Waals surface area contributed by atoms with Gasteiger partial charge in [-0.3, -0.25) is 0 Å². The summed E-state index contributed by atoms with van der Waals surface area (Å²) in [5, 5.41) is 3.07. The predicted octanol–water partition coefficient (Wildman–Crippen LogP) is 1.52. The van der Waals surface area contributed by atoms with Crippen LogP contribution in [0.15, 0.2) is 12.3 Å². The van der Waals surface area contributed by atoms with Crippen molar-refractivity contribution in [1.82, 2.24) is 5.32 Å². The van der Waals surface area contributed by atoms with Gasteiger partial charge in [-0.05, 0) is 18.8 Å².